The third kappa shape index (κ3) is 5.72. The summed E-state index contributed by atoms with van der Waals surface area (Å²) in [6.45, 7) is 1.50. The molecule has 48 valence electrons. The molecule has 0 aromatic carbocycles. The van der Waals surface area contributed by atoms with Gasteiger partial charge in [-0.3, -0.25) is 4.89 Å². The Morgan fingerprint density at radius 3 is 2.75 bits per heavy atom. The van der Waals surface area contributed by atoms with Gasteiger partial charge in [0.05, 0.1) is 5.88 Å². The molecule has 0 rings (SSSR count). The molecule has 0 unspecified atom stereocenters. The first-order valence-corrected chi connectivity index (χ1v) is 2.67. The van der Waals surface area contributed by atoms with Crippen molar-refractivity contribution in [2.45, 2.75) is 6.92 Å². The van der Waals surface area contributed by atoms with Crippen molar-refractivity contribution in [1.29, 1.82) is 0 Å². The highest BCUT2D eigenvalue weighted by Gasteiger charge is 1.89. The van der Waals surface area contributed by atoms with Gasteiger partial charge in [0, 0.05) is 6.92 Å². The molecular weight excluding hydrogens is 131 g/mol. The third-order valence-electron chi connectivity index (χ3n) is 0.337. The van der Waals surface area contributed by atoms with Crippen molar-refractivity contribution in [2.75, 3.05) is 12.5 Å². The molecule has 0 aromatic rings. The van der Waals surface area contributed by atoms with E-state index in [1.807, 2.05) is 0 Å². The topological polar surface area (TPSA) is 35.5 Å². The Morgan fingerprint density at radius 2 is 2.38 bits per heavy atom. The van der Waals surface area contributed by atoms with Gasteiger partial charge >= 0.3 is 5.97 Å². The van der Waals surface area contributed by atoms with Gasteiger partial charge in [-0.25, -0.2) is 4.79 Å². The lowest BCUT2D eigenvalue weighted by Crippen LogP contribution is -2.01. The van der Waals surface area contributed by atoms with Gasteiger partial charge in [0.1, 0.15) is 6.61 Å². The molecule has 0 aromatic heterocycles. The van der Waals surface area contributed by atoms with Gasteiger partial charge < -0.3 is 0 Å². The van der Waals surface area contributed by atoms with Gasteiger partial charge in [-0.15, -0.1) is 11.6 Å². The molecular formula is C4H7ClO3. The van der Waals surface area contributed by atoms with Crippen LogP contribution in [0, 0.1) is 0 Å². The second-order valence-electron chi connectivity index (χ2n) is 1.09. The lowest BCUT2D eigenvalue weighted by molar-refractivity contribution is -0.266. The zero-order valence-electron chi connectivity index (χ0n) is 4.52. The van der Waals surface area contributed by atoms with E-state index < -0.39 is 5.97 Å². The maximum atomic E-state index is 9.93. The minimum atomic E-state index is -0.463. The first-order chi connectivity index (χ1) is 3.77. The first kappa shape index (κ1) is 7.72. The van der Waals surface area contributed by atoms with Crippen LogP contribution in [0.2, 0.25) is 0 Å². The summed E-state index contributed by atoms with van der Waals surface area (Å²) in [6, 6.07) is 0. The number of hydrogen-bond acceptors (Lipinski definition) is 3. The molecule has 0 fully saturated rings. The smallest absolute Gasteiger partial charge is 0.299 e. The van der Waals surface area contributed by atoms with Crippen LogP contribution in [0.25, 0.3) is 0 Å². The van der Waals surface area contributed by atoms with Gasteiger partial charge in [0.2, 0.25) is 0 Å². The van der Waals surface area contributed by atoms with Gasteiger partial charge in [0.25, 0.3) is 0 Å². The minimum Gasteiger partial charge on any atom is -0.299 e. The zero-order chi connectivity index (χ0) is 6.41. The average molecular weight is 139 g/mol. The highest BCUT2D eigenvalue weighted by molar-refractivity contribution is 6.17. The largest absolute Gasteiger partial charge is 0.339 e. The van der Waals surface area contributed by atoms with Crippen LogP contribution in [-0.4, -0.2) is 18.5 Å². The standard InChI is InChI=1S/C4H7ClO3/c1-4(6)8-7-3-2-5/h2-3H2,1H3. The van der Waals surface area contributed by atoms with Crippen molar-refractivity contribution in [1.82, 2.24) is 0 Å². The molecule has 0 aliphatic rings. The molecule has 0 heterocycles. The lowest BCUT2D eigenvalue weighted by atomic mass is 10.8. The van der Waals surface area contributed by atoms with Crippen LogP contribution < -0.4 is 0 Å². The molecule has 0 aliphatic heterocycles. The van der Waals surface area contributed by atoms with Crippen molar-refractivity contribution in [3.8, 4) is 0 Å². The average Bonchev–Trinajstić information content (AvgIpc) is 1.66. The summed E-state index contributed by atoms with van der Waals surface area (Å²) >= 11 is 5.17. The van der Waals surface area contributed by atoms with E-state index in [4.69, 9.17) is 11.6 Å². The maximum absolute atomic E-state index is 9.93. The Hall–Kier alpha value is -0.280. The SMILES string of the molecule is CC(=O)OOCCCl. The van der Waals surface area contributed by atoms with Crippen molar-refractivity contribution >= 4 is 17.6 Å². The van der Waals surface area contributed by atoms with E-state index in [0.717, 1.165) is 0 Å². The molecule has 0 amide bonds. The predicted molar refractivity (Wildman–Crippen MR) is 28.4 cm³/mol. The molecule has 0 atom stereocenters. The number of hydrogen-bond donors (Lipinski definition) is 0. The van der Waals surface area contributed by atoms with E-state index in [1.54, 1.807) is 0 Å². The number of carbonyl (C=O) groups excluding carboxylic acids is 1. The Morgan fingerprint density at radius 1 is 1.75 bits per heavy atom. The third-order valence-corrected chi connectivity index (χ3v) is 0.491. The fourth-order valence-electron chi connectivity index (χ4n) is 0.156. The molecule has 0 bridgehead atoms. The summed E-state index contributed by atoms with van der Waals surface area (Å²) in [7, 11) is 0. The Kier molecular flexibility index (Phi) is 4.70. The van der Waals surface area contributed by atoms with Crippen LogP contribution >= 0.6 is 11.6 Å². The van der Waals surface area contributed by atoms with Crippen LogP contribution in [0.5, 0.6) is 0 Å². The van der Waals surface area contributed by atoms with E-state index in [-0.39, 0.29) is 6.61 Å². The first-order valence-electron chi connectivity index (χ1n) is 2.13. The molecule has 0 saturated carbocycles. The molecule has 4 heteroatoms. The number of alkyl halides is 1. The number of carbonyl (C=O) groups is 1. The fraction of sp³-hybridized carbons (Fsp3) is 0.750. The van der Waals surface area contributed by atoms with Crippen molar-refractivity contribution in [3.63, 3.8) is 0 Å². The molecule has 0 radical (unpaired) electrons. The molecule has 0 N–H and O–H groups in total. The normalized spacial score (nSPS) is 8.75. The van der Waals surface area contributed by atoms with E-state index >= 15 is 0 Å². The number of rotatable bonds is 3. The van der Waals surface area contributed by atoms with Crippen molar-refractivity contribution in [2.24, 2.45) is 0 Å². The van der Waals surface area contributed by atoms with Gasteiger partial charge in [-0.1, -0.05) is 0 Å². The quantitative estimate of drug-likeness (QED) is 0.250. The van der Waals surface area contributed by atoms with Gasteiger partial charge in [-0.2, -0.15) is 4.89 Å². The highest BCUT2D eigenvalue weighted by atomic mass is 35.5. The molecule has 0 spiro atoms. The second kappa shape index (κ2) is 4.87. The molecule has 0 aliphatic carbocycles. The summed E-state index contributed by atoms with van der Waals surface area (Å²) in [5.74, 6) is -0.136. The van der Waals surface area contributed by atoms with Crippen LogP contribution in [-0.2, 0) is 14.6 Å². The van der Waals surface area contributed by atoms with Crippen molar-refractivity contribution < 1.29 is 14.6 Å². The van der Waals surface area contributed by atoms with Gasteiger partial charge in [-0.05, 0) is 0 Å². The monoisotopic (exact) mass is 138 g/mol. The fourth-order valence-corrected chi connectivity index (χ4v) is 0.219. The second-order valence-corrected chi connectivity index (χ2v) is 1.46. The van der Waals surface area contributed by atoms with Crippen LogP contribution in [0.1, 0.15) is 6.92 Å². The highest BCUT2D eigenvalue weighted by Crippen LogP contribution is 1.80. The van der Waals surface area contributed by atoms with Crippen LogP contribution in [0.3, 0.4) is 0 Å². The van der Waals surface area contributed by atoms with Crippen LogP contribution in [0.15, 0.2) is 0 Å². The van der Waals surface area contributed by atoms with E-state index in [9.17, 15) is 4.79 Å². The Bertz CT molecular complexity index is 73.7. The van der Waals surface area contributed by atoms with Gasteiger partial charge in [0.15, 0.2) is 0 Å². The molecule has 0 saturated heterocycles. The minimum absolute atomic E-state index is 0.237. The molecule has 8 heavy (non-hydrogen) atoms. The zero-order valence-corrected chi connectivity index (χ0v) is 5.27. The summed E-state index contributed by atoms with van der Waals surface area (Å²) in [5, 5.41) is 0. The van der Waals surface area contributed by atoms with Crippen LogP contribution in [0.4, 0.5) is 0 Å². The summed E-state index contributed by atoms with van der Waals surface area (Å²) in [6.07, 6.45) is 0. The van der Waals surface area contributed by atoms with E-state index in [2.05, 4.69) is 9.78 Å². The number of halogens is 1. The predicted octanol–water partition coefficient (Wildman–Crippen LogP) is 0.720. The summed E-state index contributed by atoms with van der Waals surface area (Å²) < 4.78 is 0. The molecule has 3 nitrogen and oxygen atoms in total. The maximum Gasteiger partial charge on any atom is 0.339 e. The Labute approximate surface area is 52.5 Å². The summed E-state index contributed by atoms with van der Waals surface area (Å²) in [5.41, 5.74) is 0. The van der Waals surface area contributed by atoms with E-state index in [0.29, 0.717) is 5.88 Å². The van der Waals surface area contributed by atoms with Crippen molar-refractivity contribution in [3.05, 3.63) is 0 Å². The lowest BCUT2D eigenvalue weighted by Gasteiger charge is -1.94. The summed E-state index contributed by atoms with van der Waals surface area (Å²) in [4.78, 5) is 18.2. The Balaban J connectivity index is 2.82. The van der Waals surface area contributed by atoms with E-state index in [1.165, 1.54) is 6.92 Å².